The van der Waals surface area contributed by atoms with E-state index < -0.39 is 0 Å². The lowest BCUT2D eigenvalue weighted by Crippen LogP contribution is -2.49. The zero-order chi connectivity index (χ0) is 18.4. The SMILES string of the molecule is C[C@H](NC(=O)CN1CCN(Cc2cccc(F)c2)CC1)c1ccccc1. The lowest BCUT2D eigenvalue weighted by molar-refractivity contribution is -0.123. The minimum Gasteiger partial charge on any atom is -0.348 e. The van der Waals surface area contributed by atoms with Crippen molar-refractivity contribution in [1.29, 1.82) is 0 Å². The number of halogens is 1. The first kappa shape index (κ1) is 18.5. The number of nitrogens with one attached hydrogen (secondary N) is 1. The molecule has 1 atom stereocenters. The fourth-order valence-electron chi connectivity index (χ4n) is 3.31. The van der Waals surface area contributed by atoms with Crippen molar-refractivity contribution in [3.05, 3.63) is 71.5 Å². The Morgan fingerprint density at radius 1 is 1.04 bits per heavy atom. The summed E-state index contributed by atoms with van der Waals surface area (Å²) in [6.07, 6.45) is 0. The smallest absolute Gasteiger partial charge is 0.234 e. The molecule has 4 nitrogen and oxygen atoms in total. The van der Waals surface area contributed by atoms with Crippen molar-refractivity contribution in [2.24, 2.45) is 0 Å². The minimum absolute atomic E-state index is 0.0120. The third-order valence-corrected chi connectivity index (χ3v) is 4.80. The molecule has 0 unspecified atom stereocenters. The largest absolute Gasteiger partial charge is 0.348 e. The van der Waals surface area contributed by atoms with Gasteiger partial charge in [0, 0.05) is 32.7 Å². The molecule has 0 aliphatic carbocycles. The van der Waals surface area contributed by atoms with E-state index in [0.717, 1.165) is 43.9 Å². The molecule has 0 bridgehead atoms. The molecule has 1 fully saturated rings. The van der Waals surface area contributed by atoms with Crippen LogP contribution in [0.25, 0.3) is 0 Å². The summed E-state index contributed by atoms with van der Waals surface area (Å²) in [5.41, 5.74) is 2.11. The molecule has 0 saturated carbocycles. The molecule has 0 spiro atoms. The van der Waals surface area contributed by atoms with E-state index >= 15 is 0 Å². The highest BCUT2D eigenvalue weighted by Gasteiger charge is 2.20. The van der Waals surface area contributed by atoms with Crippen LogP contribution >= 0.6 is 0 Å². The summed E-state index contributed by atoms with van der Waals surface area (Å²) in [5, 5.41) is 3.06. The van der Waals surface area contributed by atoms with E-state index in [4.69, 9.17) is 0 Å². The van der Waals surface area contributed by atoms with Crippen LogP contribution in [0, 0.1) is 5.82 Å². The number of hydrogen-bond acceptors (Lipinski definition) is 3. The molecule has 0 aromatic heterocycles. The summed E-state index contributed by atoms with van der Waals surface area (Å²) in [7, 11) is 0. The number of carbonyl (C=O) groups excluding carboxylic acids is 1. The lowest BCUT2D eigenvalue weighted by Gasteiger charge is -2.34. The molecule has 5 heteroatoms. The average Bonchev–Trinajstić information content (AvgIpc) is 2.64. The monoisotopic (exact) mass is 355 g/mol. The van der Waals surface area contributed by atoms with Gasteiger partial charge in [0.05, 0.1) is 12.6 Å². The zero-order valence-corrected chi connectivity index (χ0v) is 15.2. The Balaban J connectivity index is 1.41. The maximum atomic E-state index is 13.3. The maximum Gasteiger partial charge on any atom is 0.234 e. The summed E-state index contributed by atoms with van der Waals surface area (Å²) in [4.78, 5) is 16.8. The molecular formula is C21H26FN3O. The van der Waals surface area contributed by atoms with Crippen LogP contribution in [-0.4, -0.2) is 48.4 Å². The zero-order valence-electron chi connectivity index (χ0n) is 15.2. The molecule has 1 amide bonds. The second-order valence-corrected chi connectivity index (χ2v) is 6.88. The summed E-state index contributed by atoms with van der Waals surface area (Å²) < 4.78 is 13.3. The topological polar surface area (TPSA) is 35.6 Å². The first-order chi connectivity index (χ1) is 12.6. The Kier molecular flexibility index (Phi) is 6.36. The van der Waals surface area contributed by atoms with Gasteiger partial charge in [0.25, 0.3) is 0 Å². The number of nitrogens with zero attached hydrogens (tertiary/aromatic N) is 2. The third-order valence-electron chi connectivity index (χ3n) is 4.80. The second kappa shape index (κ2) is 8.92. The summed E-state index contributed by atoms with van der Waals surface area (Å²) in [5.74, 6) is -0.134. The predicted octanol–water partition coefficient (Wildman–Crippen LogP) is 2.82. The Hall–Kier alpha value is -2.24. The molecule has 26 heavy (non-hydrogen) atoms. The van der Waals surface area contributed by atoms with Crippen LogP contribution in [0.15, 0.2) is 54.6 Å². The van der Waals surface area contributed by atoms with E-state index in [1.54, 1.807) is 12.1 Å². The highest BCUT2D eigenvalue weighted by Crippen LogP contribution is 2.12. The van der Waals surface area contributed by atoms with Gasteiger partial charge in [0.1, 0.15) is 5.82 Å². The maximum absolute atomic E-state index is 13.3. The quantitative estimate of drug-likeness (QED) is 0.866. The van der Waals surface area contributed by atoms with Gasteiger partial charge in [-0.15, -0.1) is 0 Å². The van der Waals surface area contributed by atoms with E-state index in [1.807, 2.05) is 43.3 Å². The molecule has 1 aliphatic heterocycles. The van der Waals surface area contributed by atoms with Crippen LogP contribution in [0.5, 0.6) is 0 Å². The summed E-state index contributed by atoms with van der Waals surface area (Å²) >= 11 is 0. The van der Waals surface area contributed by atoms with Gasteiger partial charge in [-0.1, -0.05) is 42.5 Å². The Morgan fingerprint density at radius 2 is 1.73 bits per heavy atom. The average molecular weight is 355 g/mol. The summed E-state index contributed by atoms with van der Waals surface area (Å²) in [6, 6.07) is 16.8. The fraction of sp³-hybridized carbons (Fsp3) is 0.381. The standard InChI is InChI=1S/C21H26FN3O/c1-17(19-7-3-2-4-8-19)23-21(26)16-25-12-10-24(11-13-25)15-18-6-5-9-20(22)14-18/h2-9,14,17H,10-13,15-16H2,1H3,(H,23,26)/t17-/m0/s1. The molecule has 1 heterocycles. The molecule has 3 rings (SSSR count). The van der Waals surface area contributed by atoms with E-state index in [-0.39, 0.29) is 17.8 Å². The lowest BCUT2D eigenvalue weighted by atomic mass is 10.1. The first-order valence-electron chi connectivity index (χ1n) is 9.13. The van der Waals surface area contributed by atoms with Crippen molar-refractivity contribution in [2.75, 3.05) is 32.7 Å². The molecule has 1 aliphatic rings. The number of piperazine rings is 1. The van der Waals surface area contributed by atoms with E-state index in [0.29, 0.717) is 6.54 Å². The van der Waals surface area contributed by atoms with Gasteiger partial charge in [-0.3, -0.25) is 14.6 Å². The number of rotatable bonds is 6. The van der Waals surface area contributed by atoms with Crippen molar-refractivity contribution in [2.45, 2.75) is 19.5 Å². The highest BCUT2D eigenvalue weighted by atomic mass is 19.1. The van der Waals surface area contributed by atoms with Crippen molar-refractivity contribution in [3.63, 3.8) is 0 Å². The van der Waals surface area contributed by atoms with Crippen molar-refractivity contribution in [3.8, 4) is 0 Å². The van der Waals surface area contributed by atoms with Crippen LogP contribution in [0.1, 0.15) is 24.1 Å². The summed E-state index contributed by atoms with van der Waals surface area (Å²) in [6.45, 7) is 6.65. The molecule has 2 aromatic carbocycles. The van der Waals surface area contributed by atoms with Crippen LogP contribution in [0.2, 0.25) is 0 Å². The first-order valence-corrected chi connectivity index (χ1v) is 9.13. The Bertz CT molecular complexity index is 714. The number of amides is 1. The van der Waals surface area contributed by atoms with E-state index in [2.05, 4.69) is 15.1 Å². The van der Waals surface area contributed by atoms with Gasteiger partial charge >= 0.3 is 0 Å². The van der Waals surface area contributed by atoms with Gasteiger partial charge in [0.2, 0.25) is 5.91 Å². The highest BCUT2D eigenvalue weighted by molar-refractivity contribution is 5.78. The molecule has 1 N–H and O–H groups in total. The normalized spacial score (nSPS) is 17.0. The molecular weight excluding hydrogens is 329 g/mol. The van der Waals surface area contributed by atoms with Crippen molar-refractivity contribution < 1.29 is 9.18 Å². The predicted molar refractivity (Wildman–Crippen MR) is 101 cm³/mol. The van der Waals surface area contributed by atoms with Gasteiger partial charge < -0.3 is 5.32 Å². The molecule has 2 aromatic rings. The molecule has 0 radical (unpaired) electrons. The molecule has 138 valence electrons. The van der Waals surface area contributed by atoms with Gasteiger partial charge in [-0.25, -0.2) is 4.39 Å². The Morgan fingerprint density at radius 3 is 2.42 bits per heavy atom. The fourth-order valence-corrected chi connectivity index (χ4v) is 3.31. The van der Waals surface area contributed by atoms with Crippen molar-refractivity contribution >= 4 is 5.91 Å². The van der Waals surface area contributed by atoms with Gasteiger partial charge in [-0.05, 0) is 30.2 Å². The number of hydrogen-bond donors (Lipinski definition) is 1. The third kappa shape index (κ3) is 5.38. The van der Waals surface area contributed by atoms with Crippen LogP contribution in [0.4, 0.5) is 4.39 Å². The van der Waals surface area contributed by atoms with Crippen LogP contribution in [-0.2, 0) is 11.3 Å². The molecule has 1 saturated heterocycles. The van der Waals surface area contributed by atoms with Crippen molar-refractivity contribution in [1.82, 2.24) is 15.1 Å². The van der Waals surface area contributed by atoms with Crippen LogP contribution < -0.4 is 5.32 Å². The Labute approximate surface area is 154 Å². The second-order valence-electron chi connectivity index (χ2n) is 6.88. The van der Waals surface area contributed by atoms with Gasteiger partial charge in [-0.2, -0.15) is 0 Å². The van der Waals surface area contributed by atoms with Gasteiger partial charge in [0.15, 0.2) is 0 Å². The number of carbonyl (C=O) groups is 1. The number of benzene rings is 2. The van der Waals surface area contributed by atoms with E-state index in [1.165, 1.54) is 6.07 Å². The van der Waals surface area contributed by atoms with E-state index in [9.17, 15) is 9.18 Å². The minimum atomic E-state index is -0.189. The van der Waals surface area contributed by atoms with Crippen LogP contribution in [0.3, 0.4) is 0 Å².